The maximum atomic E-state index is 13.5. The van der Waals surface area contributed by atoms with Crippen molar-refractivity contribution < 1.29 is 13.5 Å². The molecule has 1 rings (SSSR count). The van der Waals surface area contributed by atoms with Gasteiger partial charge in [-0.25, -0.2) is 8.42 Å². The molecule has 1 aromatic rings. The molecule has 26 heavy (non-hydrogen) atoms. The van der Waals surface area contributed by atoms with Gasteiger partial charge in [0.2, 0.25) is 0 Å². The van der Waals surface area contributed by atoms with Crippen molar-refractivity contribution in [2.45, 2.75) is 94.3 Å². The number of unbranched alkanes of at least 4 members (excludes halogenated alkanes) is 3. The average Bonchev–Trinajstić information content (AvgIpc) is 2.55. The van der Waals surface area contributed by atoms with Crippen LogP contribution in [-0.2, 0) is 9.84 Å². The molecule has 5 heteroatoms. The second kappa shape index (κ2) is 10.0. The van der Waals surface area contributed by atoms with Gasteiger partial charge in [0.05, 0.1) is 24.3 Å². The minimum absolute atomic E-state index is 0.0396. The summed E-state index contributed by atoms with van der Waals surface area (Å²) in [5.41, 5.74) is -0.172. The normalized spacial score (nSPS) is 16.5. The molecule has 0 bridgehead atoms. The summed E-state index contributed by atoms with van der Waals surface area (Å²) < 4.78 is 26.9. The van der Waals surface area contributed by atoms with E-state index in [-0.39, 0.29) is 11.5 Å². The van der Waals surface area contributed by atoms with Crippen LogP contribution in [0.25, 0.3) is 0 Å². The van der Waals surface area contributed by atoms with Gasteiger partial charge in [0, 0.05) is 0 Å². The van der Waals surface area contributed by atoms with Crippen molar-refractivity contribution in [3.63, 3.8) is 0 Å². The van der Waals surface area contributed by atoms with E-state index in [0.717, 1.165) is 19.3 Å². The summed E-state index contributed by atoms with van der Waals surface area (Å²) >= 11 is 0. The number of hydrogen-bond acceptors (Lipinski definition) is 3. The minimum Gasteiger partial charge on any atom is -0.393 e. The molecule has 0 amide bonds. The molecule has 0 unspecified atom stereocenters. The number of aliphatic hydroxyl groups is 1. The second-order valence-corrected chi connectivity index (χ2v) is 16.4. The van der Waals surface area contributed by atoms with Crippen LogP contribution >= 0.6 is 0 Å². The lowest BCUT2D eigenvalue weighted by Crippen LogP contribution is -2.48. The van der Waals surface area contributed by atoms with Crippen LogP contribution in [0.3, 0.4) is 0 Å². The number of benzene rings is 1. The number of rotatable bonds is 11. The van der Waals surface area contributed by atoms with E-state index < -0.39 is 29.3 Å². The molecule has 0 spiro atoms. The summed E-state index contributed by atoms with van der Waals surface area (Å²) in [5.74, 6) is -0.0396. The zero-order valence-corrected chi connectivity index (χ0v) is 19.2. The maximum absolute atomic E-state index is 13.5. The average molecular weight is 399 g/mol. The van der Waals surface area contributed by atoms with Gasteiger partial charge in [0.15, 0.2) is 9.84 Å². The van der Waals surface area contributed by atoms with Crippen LogP contribution < -0.4 is 0 Å². The lowest BCUT2D eigenvalue weighted by molar-refractivity contribution is 0.141. The van der Waals surface area contributed by atoms with Crippen molar-refractivity contribution in [3.8, 4) is 0 Å². The topological polar surface area (TPSA) is 54.4 Å². The Morgan fingerprint density at radius 1 is 1.00 bits per heavy atom. The Kier molecular flexibility index (Phi) is 9.04. The van der Waals surface area contributed by atoms with Gasteiger partial charge >= 0.3 is 0 Å². The van der Waals surface area contributed by atoms with Gasteiger partial charge in [0.25, 0.3) is 0 Å². The molecule has 0 saturated carbocycles. The molecule has 0 heterocycles. The predicted molar refractivity (Wildman–Crippen MR) is 114 cm³/mol. The highest BCUT2D eigenvalue weighted by molar-refractivity contribution is 7.92. The number of aliphatic hydroxyl groups excluding tert-OH is 1. The fourth-order valence-electron chi connectivity index (χ4n) is 3.98. The maximum Gasteiger partial charge on any atom is 0.181 e. The fraction of sp³-hybridized carbons (Fsp3) is 0.714. The van der Waals surface area contributed by atoms with E-state index in [1.807, 2.05) is 19.9 Å². The largest absolute Gasteiger partial charge is 0.393 e. The monoisotopic (exact) mass is 398 g/mol. The van der Waals surface area contributed by atoms with Gasteiger partial charge in [0.1, 0.15) is 0 Å². The highest BCUT2D eigenvalue weighted by atomic mass is 32.2. The van der Waals surface area contributed by atoms with E-state index in [2.05, 4.69) is 26.6 Å². The highest BCUT2D eigenvalue weighted by Gasteiger charge is 2.46. The lowest BCUT2D eigenvalue weighted by atomic mass is 9.99. The Bertz CT molecular complexity index is 620. The first kappa shape index (κ1) is 23.4. The van der Waals surface area contributed by atoms with Crippen molar-refractivity contribution in [1.82, 2.24) is 0 Å². The Labute approximate surface area is 162 Å². The predicted octanol–water partition coefficient (Wildman–Crippen LogP) is 5.52. The van der Waals surface area contributed by atoms with Crippen molar-refractivity contribution >= 4 is 17.9 Å². The fourth-order valence-corrected chi connectivity index (χ4v) is 10.6. The van der Waals surface area contributed by atoms with Crippen LogP contribution in [0.1, 0.15) is 52.9 Å². The Morgan fingerprint density at radius 3 is 2.04 bits per heavy atom. The highest BCUT2D eigenvalue weighted by Crippen LogP contribution is 2.40. The summed E-state index contributed by atoms with van der Waals surface area (Å²) in [5, 5.41) is 10.5. The van der Waals surface area contributed by atoms with Crippen LogP contribution in [0.2, 0.25) is 25.2 Å². The molecule has 0 aromatic heterocycles. The molecule has 0 fully saturated rings. The molecule has 0 saturated heterocycles. The standard InChI is InChI=1S/C21H38O3SSi/c1-7-8-9-13-16-19(22)21(26(4,5)6)20(17(2)3)25(23,24)18-14-11-10-12-15-18/h10-12,14-15,17,19-22H,7-9,13,16H2,1-6H3/t19-,20-,21-/m0/s1. The lowest BCUT2D eigenvalue weighted by Gasteiger charge is -2.40. The smallest absolute Gasteiger partial charge is 0.181 e. The molecule has 3 nitrogen and oxygen atoms in total. The SMILES string of the molecule is CCCCCC[C@H](O)[C@@H]([C@H](C(C)C)S(=O)(=O)c1ccccc1)[Si](C)(C)C. The summed E-state index contributed by atoms with van der Waals surface area (Å²) in [7, 11) is -5.40. The van der Waals surface area contributed by atoms with Crippen molar-refractivity contribution in [2.24, 2.45) is 5.92 Å². The minimum atomic E-state index is -3.49. The molecule has 1 N–H and O–H groups in total. The number of hydrogen-bond donors (Lipinski definition) is 1. The molecule has 0 aliphatic heterocycles. The second-order valence-electron chi connectivity index (χ2n) is 8.88. The third kappa shape index (κ3) is 6.21. The first-order valence-corrected chi connectivity index (χ1v) is 15.1. The van der Waals surface area contributed by atoms with E-state index in [1.165, 1.54) is 6.42 Å². The zero-order chi connectivity index (χ0) is 20.0. The number of sulfone groups is 1. The first-order valence-electron chi connectivity index (χ1n) is 10.0. The van der Waals surface area contributed by atoms with Crippen LogP contribution in [-0.4, -0.2) is 33.0 Å². The third-order valence-corrected chi connectivity index (χ3v) is 10.7. The van der Waals surface area contributed by atoms with Crippen LogP contribution in [0, 0.1) is 5.92 Å². The van der Waals surface area contributed by atoms with Crippen LogP contribution in [0.5, 0.6) is 0 Å². The van der Waals surface area contributed by atoms with Crippen molar-refractivity contribution in [3.05, 3.63) is 30.3 Å². The molecular formula is C21H38O3SSi. The van der Waals surface area contributed by atoms with Gasteiger partial charge in [-0.3, -0.25) is 0 Å². The summed E-state index contributed by atoms with van der Waals surface area (Å²) in [6, 6.07) is 8.74. The van der Waals surface area contributed by atoms with Crippen LogP contribution in [0.4, 0.5) is 0 Å². The Hall–Kier alpha value is -0.653. The first-order chi connectivity index (χ1) is 12.0. The van der Waals surface area contributed by atoms with Gasteiger partial charge in [-0.2, -0.15) is 0 Å². The Balaban J connectivity index is 3.22. The van der Waals surface area contributed by atoms with Crippen molar-refractivity contribution in [2.75, 3.05) is 0 Å². The van der Waals surface area contributed by atoms with Gasteiger partial charge in [-0.15, -0.1) is 0 Å². The summed E-state index contributed by atoms with van der Waals surface area (Å²) in [6.07, 6.45) is 4.54. The molecule has 1 aromatic carbocycles. The zero-order valence-electron chi connectivity index (χ0n) is 17.4. The van der Waals surface area contributed by atoms with Gasteiger partial charge in [-0.05, 0) is 30.0 Å². The molecule has 3 atom stereocenters. The van der Waals surface area contributed by atoms with E-state index in [1.54, 1.807) is 24.3 Å². The van der Waals surface area contributed by atoms with Crippen LogP contribution in [0.15, 0.2) is 35.2 Å². The molecule has 150 valence electrons. The van der Waals surface area contributed by atoms with Gasteiger partial charge in [-0.1, -0.05) is 84.3 Å². The Morgan fingerprint density at radius 2 is 1.58 bits per heavy atom. The summed E-state index contributed by atoms with van der Waals surface area (Å²) in [6.45, 7) is 12.7. The quantitative estimate of drug-likeness (QED) is 0.394. The van der Waals surface area contributed by atoms with E-state index >= 15 is 0 Å². The third-order valence-electron chi connectivity index (χ3n) is 5.21. The molecule has 0 aliphatic rings. The molecular weight excluding hydrogens is 360 g/mol. The van der Waals surface area contributed by atoms with Crippen molar-refractivity contribution in [1.29, 1.82) is 0 Å². The van der Waals surface area contributed by atoms with Gasteiger partial charge < -0.3 is 5.11 Å². The summed E-state index contributed by atoms with van der Waals surface area (Å²) in [4.78, 5) is 0.375. The van der Waals surface area contributed by atoms with E-state index in [4.69, 9.17) is 0 Å². The molecule has 0 aliphatic carbocycles. The van der Waals surface area contributed by atoms with E-state index in [9.17, 15) is 13.5 Å². The molecule has 0 radical (unpaired) electrons. The van der Waals surface area contributed by atoms with E-state index in [0.29, 0.717) is 11.3 Å².